The van der Waals surface area contributed by atoms with Crippen molar-refractivity contribution in [1.29, 1.82) is 0 Å². The van der Waals surface area contributed by atoms with Crippen LogP contribution >= 0.6 is 11.6 Å². The van der Waals surface area contributed by atoms with Crippen LogP contribution in [0.2, 0.25) is 5.02 Å². The Morgan fingerprint density at radius 3 is 2.25 bits per heavy atom. The van der Waals surface area contributed by atoms with Crippen LogP contribution in [0, 0.1) is 11.6 Å². The van der Waals surface area contributed by atoms with Crippen molar-refractivity contribution in [3.63, 3.8) is 0 Å². The lowest BCUT2D eigenvalue weighted by Crippen LogP contribution is -2.37. The summed E-state index contributed by atoms with van der Waals surface area (Å²) in [6.07, 6.45) is 0.722. The first kappa shape index (κ1) is 20.4. The molecule has 2 heterocycles. The molecule has 0 radical (unpaired) electrons. The molecule has 0 aliphatic carbocycles. The molecular formula is C25H17ClF2N2O2. The summed E-state index contributed by atoms with van der Waals surface area (Å²) in [4.78, 5) is 29.8. The maximum absolute atomic E-state index is 13.9. The van der Waals surface area contributed by atoms with Gasteiger partial charge in [0.1, 0.15) is 5.70 Å². The Kier molecular flexibility index (Phi) is 5.02. The van der Waals surface area contributed by atoms with Gasteiger partial charge in [0.15, 0.2) is 11.6 Å². The average molecular weight is 451 g/mol. The first-order valence-electron chi connectivity index (χ1n) is 10.1. The van der Waals surface area contributed by atoms with Gasteiger partial charge in [-0.3, -0.25) is 9.59 Å². The minimum atomic E-state index is -1.13. The SMILES string of the molecule is O=C1C(c2ccc(Cl)cc2)=C(N2CCc3ccccc3C2)C(=O)N1c1ccc(F)c(F)c1. The Hall–Kier alpha value is -3.51. The fourth-order valence-electron chi connectivity index (χ4n) is 4.23. The van der Waals surface area contributed by atoms with E-state index in [0.29, 0.717) is 23.7 Å². The van der Waals surface area contributed by atoms with E-state index in [1.54, 1.807) is 24.3 Å². The van der Waals surface area contributed by atoms with E-state index in [-0.39, 0.29) is 17.0 Å². The van der Waals surface area contributed by atoms with E-state index in [0.717, 1.165) is 29.0 Å². The van der Waals surface area contributed by atoms with Crippen LogP contribution in [0.3, 0.4) is 0 Å². The maximum Gasteiger partial charge on any atom is 0.282 e. The number of fused-ring (bicyclic) bond motifs is 1. The van der Waals surface area contributed by atoms with E-state index in [1.807, 2.05) is 23.1 Å². The standard InChI is InChI=1S/C25H17ClF2N2O2/c26-18-7-5-16(6-8-18)22-23(29-12-11-15-3-1-2-4-17(15)14-29)25(32)30(24(22)31)19-9-10-20(27)21(28)13-19/h1-10,13H,11-12,14H2. The van der Waals surface area contributed by atoms with E-state index >= 15 is 0 Å². The number of hydrogen-bond donors (Lipinski definition) is 0. The number of carbonyl (C=O) groups excluding carboxylic acids is 2. The Morgan fingerprint density at radius 2 is 1.53 bits per heavy atom. The smallest absolute Gasteiger partial charge is 0.282 e. The summed E-state index contributed by atoms with van der Waals surface area (Å²) >= 11 is 6.02. The summed E-state index contributed by atoms with van der Waals surface area (Å²) in [6.45, 7) is 1.02. The molecule has 0 spiro atoms. The molecule has 4 nitrogen and oxygen atoms in total. The number of carbonyl (C=O) groups is 2. The molecule has 7 heteroatoms. The van der Waals surface area contributed by atoms with Crippen LogP contribution in [0.4, 0.5) is 14.5 Å². The van der Waals surface area contributed by atoms with Crippen molar-refractivity contribution >= 4 is 34.7 Å². The number of benzene rings is 3. The fourth-order valence-corrected chi connectivity index (χ4v) is 4.36. The third-order valence-electron chi connectivity index (χ3n) is 5.80. The van der Waals surface area contributed by atoms with Crippen LogP contribution in [0.15, 0.2) is 72.4 Å². The summed E-state index contributed by atoms with van der Waals surface area (Å²) in [7, 11) is 0. The van der Waals surface area contributed by atoms with Crippen molar-refractivity contribution in [3.05, 3.63) is 106 Å². The minimum absolute atomic E-state index is 0.0160. The molecule has 0 aromatic heterocycles. The maximum atomic E-state index is 13.9. The Balaban J connectivity index is 1.62. The van der Waals surface area contributed by atoms with Gasteiger partial charge >= 0.3 is 0 Å². The predicted octanol–water partition coefficient (Wildman–Crippen LogP) is 4.96. The van der Waals surface area contributed by atoms with Gasteiger partial charge in [0, 0.05) is 24.2 Å². The molecule has 0 atom stereocenters. The highest BCUT2D eigenvalue weighted by Gasteiger charge is 2.43. The van der Waals surface area contributed by atoms with Crippen molar-refractivity contribution in [2.75, 3.05) is 11.4 Å². The van der Waals surface area contributed by atoms with Gasteiger partial charge in [-0.2, -0.15) is 0 Å². The molecule has 160 valence electrons. The second kappa shape index (κ2) is 7.88. The summed E-state index contributed by atoms with van der Waals surface area (Å²) in [5.41, 5.74) is 3.26. The molecule has 32 heavy (non-hydrogen) atoms. The van der Waals surface area contributed by atoms with Crippen LogP contribution < -0.4 is 4.90 Å². The lowest BCUT2D eigenvalue weighted by atomic mass is 9.98. The second-order valence-electron chi connectivity index (χ2n) is 7.71. The van der Waals surface area contributed by atoms with Crippen molar-refractivity contribution < 1.29 is 18.4 Å². The minimum Gasteiger partial charge on any atom is -0.362 e. The number of amides is 2. The molecule has 0 unspecified atom stereocenters. The molecule has 0 saturated heterocycles. The fraction of sp³-hybridized carbons (Fsp3) is 0.120. The zero-order chi connectivity index (χ0) is 22.4. The van der Waals surface area contributed by atoms with Crippen molar-refractivity contribution in [1.82, 2.24) is 4.90 Å². The van der Waals surface area contributed by atoms with Gasteiger partial charge in [0.05, 0.1) is 11.3 Å². The van der Waals surface area contributed by atoms with E-state index < -0.39 is 23.4 Å². The molecule has 0 N–H and O–H groups in total. The van der Waals surface area contributed by atoms with Gasteiger partial charge in [-0.1, -0.05) is 48.0 Å². The van der Waals surface area contributed by atoms with Gasteiger partial charge in [-0.05, 0) is 47.4 Å². The molecule has 2 aliphatic rings. The number of rotatable bonds is 3. The second-order valence-corrected chi connectivity index (χ2v) is 8.15. The molecular weight excluding hydrogens is 434 g/mol. The Labute approximate surface area is 188 Å². The normalized spacial score (nSPS) is 16.1. The van der Waals surface area contributed by atoms with E-state index in [9.17, 15) is 18.4 Å². The Morgan fingerprint density at radius 1 is 0.812 bits per heavy atom. The summed E-state index contributed by atoms with van der Waals surface area (Å²) in [5, 5.41) is 0.497. The quantitative estimate of drug-likeness (QED) is 0.529. The lowest BCUT2D eigenvalue weighted by Gasteiger charge is -2.31. The zero-order valence-corrected chi connectivity index (χ0v) is 17.6. The third kappa shape index (κ3) is 3.37. The summed E-state index contributed by atoms with van der Waals surface area (Å²) in [5.74, 6) is -3.33. The highest BCUT2D eigenvalue weighted by Crippen LogP contribution is 2.37. The van der Waals surface area contributed by atoms with Gasteiger partial charge in [-0.15, -0.1) is 0 Å². The van der Waals surface area contributed by atoms with Crippen LogP contribution in [0.5, 0.6) is 0 Å². The number of imide groups is 1. The molecule has 2 amide bonds. The van der Waals surface area contributed by atoms with Gasteiger partial charge in [0.2, 0.25) is 0 Å². The van der Waals surface area contributed by atoms with Crippen LogP contribution in [-0.4, -0.2) is 23.3 Å². The average Bonchev–Trinajstić information content (AvgIpc) is 3.06. The first-order chi connectivity index (χ1) is 15.4. The molecule has 5 rings (SSSR count). The molecule has 3 aromatic rings. The third-order valence-corrected chi connectivity index (χ3v) is 6.05. The molecule has 0 saturated carbocycles. The molecule has 2 aliphatic heterocycles. The van der Waals surface area contributed by atoms with E-state index in [2.05, 4.69) is 6.07 Å². The zero-order valence-electron chi connectivity index (χ0n) is 16.8. The van der Waals surface area contributed by atoms with Crippen LogP contribution in [0.25, 0.3) is 5.57 Å². The number of halogens is 3. The molecule has 0 fully saturated rings. The van der Waals surface area contributed by atoms with E-state index in [4.69, 9.17) is 11.6 Å². The monoisotopic (exact) mass is 450 g/mol. The highest BCUT2D eigenvalue weighted by atomic mass is 35.5. The van der Waals surface area contributed by atoms with Crippen molar-refractivity contribution in [2.45, 2.75) is 13.0 Å². The first-order valence-corrected chi connectivity index (χ1v) is 10.5. The molecule has 0 bridgehead atoms. The number of anilines is 1. The lowest BCUT2D eigenvalue weighted by molar-refractivity contribution is -0.120. The van der Waals surface area contributed by atoms with E-state index in [1.165, 1.54) is 11.6 Å². The van der Waals surface area contributed by atoms with Crippen molar-refractivity contribution in [2.24, 2.45) is 0 Å². The summed E-state index contributed by atoms with van der Waals surface area (Å²) in [6, 6.07) is 17.6. The highest BCUT2D eigenvalue weighted by molar-refractivity contribution is 6.45. The van der Waals surface area contributed by atoms with Crippen molar-refractivity contribution in [3.8, 4) is 0 Å². The predicted molar refractivity (Wildman–Crippen MR) is 118 cm³/mol. The molecule has 3 aromatic carbocycles. The van der Waals surface area contributed by atoms with Crippen LogP contribution in [-0.2, 0) is 22.6 Å². The number of hydrogen-bond acceptors (Lipinski definition) is 3. The number of nitrogens with zero attached hydrogens (tertiary/aromatic N) is 2. The Bertz CT molecular complexity index is 1290. The van der Waals surface area contributed by atoms with Crippen LogP contribution in [0.1, 0.15) is 16.7 Å². The summed E-state index contributed by atoms with van der Waals surface area (Å²) < 4.78 is 27.4. The van der Waals surface area contributed by atoms with Gasteiger partial charge in [-0.25, -0.2) is 13.7 Å². The van der Waals surface area contributed by atoms with Gasteiger partial charge in [0.25, 0.3) is 11.8 Å². The van der Waals surface area contributed by atoms with Gasteiger partial charge < -0.3 is 4.90 Å². The topological polar surface area (TPSA) is 40.6 Å². The largest absolute Gasteiger partial charge is 0.362 e.